The molecular formula is C24H21N3O2S. The van der Waals surface area contributed by atoms with E-state index in [2.05, 4.69) is 15.3 Å². The number of hydrogen-bond donors (Lipinski definition) is 1. The highest BCUT2D eigenvalue weighted by Gasteiger charge is 2.14. The largest absolute Gasteiger partial charge is 0.340 e. The van der Waals surface area contributed by atoms with Gasteiger partial charge < -0.3 is 5.32 Å². The lowest BCUT2D eigenvalue weighted by atomic mass is 10.1. The van der Waals surface area contributed by atoms with Crippen LogP contribution in [0.25, 0.3) is 11.1 Å². The Morgan fingerprint density at radius 2 is 1.43 bits per heavy atom. The molecule has 1 aromatic heterocycles. The summed E-state index contributed by atoms with van der Waals surface area (Å²) >= 11 is 0. The first-order chi connectivity index (χ1) is 14.6. The van der Waals surface area contributed by atoms with Crippen LogP contribution in [0.4, 0.5) is 11.5 Å². The minimum atomic E-state index is -3.28. The molecule has 0 bridgehead atoms. The molecule has 0 aliphatic carbocycles. The Hall–Kier alpha value is -3.51. The van der Waals surface area contributed by atoms with Crippen molar-refractivity contribution < 1.29 is 8.42 Å². The van der Waals surface area contributed by atoms with Crippen LogP contribution in [0.15, 0.2) is 97.5 Å². The highest BCUT2D eigenvalue weighted by molar-refractivity contribution is 7.89. The molecule has 0 radical (unpaired) electrons. The lowest BCUT2D eigenvalue weighted by Gasteiger charge is -2.12. The van der Waals surface area contributed by atoms with Crippen molar-refractivity contribution in [3.05, 3.63) is 109 Å². The van der Waals surface area contributed by atoms with Crippen LogP contribution in [0.1, 0.15) is 11.1 Å². The predicted molar refractivity (Wildman–Crippen MR) is 120 cm³/mol. The molecule has 0 aliphatic rings. The lowest BCUT2D eigenvalue weighted by Crippen LogP contribution is -2.08. The second kappa shape index (κ2) is 8.88. The average molecular weight is 416 g/mol. The average Bonchev–Trinajstić information content (AvgIpc) is 2.75. The summed E-state index contributed by atoms with van der Waals surface area (Å²) in [4.78, 5) is 8.51. The van der Waals surface area contributed by atoms with Crippen molar-refractivity contribution >= 4 is 21.3 Å². The van der Waals surface area contributed by atoms with Gasteiger partial charge >= 0.3 is 0 Å². The molecule has 3 aromatic carbocycles. The summed E-state index contributed by atoms with van der Waals surface area (Å²) in [5.41, 5.74) is 4.17. The van der Waals surface area contributed by atoms with Gasteiger partial charge in [0.2, 0.25) is 0 Å². The molecule has 0 saturated carbocycles. The van der Waals surface area contributed by atoms with Crippen molar-refractivity contribution in [1.29, 1.82) is 0 Å². The van der Waals surface area contributed by atoms with Crippen molar-refractivity contribution in [3.8, 4) is 11.1 Å². The van der Waals surface area contributed by atoms with Crippen molar-refractivity contribution in [2.75, 3.05) is 5.32 Å². The van der Waals surface area contributed by atoms with E-state index in [1.807, 2.05) is 84.9 Å². The number of benzene rings is 3. The third kappa shape index (κ3) is 5.10. The summed E-state index contributed by atoms with van der Waals surface area (Å²) in [5, 5.41) is 3.30. The smallest absolute Gasteiger partial charge is 0.158 e. The fourth-order valence-electron chi connectivity index (χ4n) is 3.27. The maximum atomic E-state index is 12.6. The molecule has 150 valence electrons. The molecule has 0 fully saturated rings. The molecule has 4 rings (SSSR count). The molecule has 4 aromatic rings. The monoisotopic (exact) mass is 415 g/mol. The van der Waals surface area contributed by atoms with Crippen molar-refractivity contribution in [2.24, 2.45) is 0 Å². The molecule has 1 N–H and O–H groups in total. The van der Waals surface area contributed by atoms with Gasteiger partial charge in [0.25, 0.3) is 0 Å². The Bertz CT molecular complexity index is 1230. The van der Waals surface area contributed by atoms with Gasteiger partial charge in [-0.3, -0.25) is 0 Å². The summed E-state index contributed by atoms with van der Waals surface area (Å²) in [6, 6.07) is 26.5. The van der Waals surface area contributed by atoms with Crippen LogP contribution in [0.5, 0.6) is 0 Å². The third-order valence-corrected chi connectivity index (χ3v) is 6.15. The zero-order valence-electron chi connectivity index (χ0n) is 16.3. The number of hydrogen-bond acceptors (Lipinski definition) is 5. The molecule has 0 aliphatic heterocycles. The third-order valence-electron chi connectivity index (χ3n) is 4.60. The molecule has 30 heavy (non-hydrogen) atoms. The van der Waals surface area contributed by atoms with Gasteiger partial charge in [0, 0.05) is 17.4 Å². The summed E-state index contributed by atoms with van der Waals surface area (Å²) in [7, 11) is -3.28. The summed E-state index contributed by atoms with van der Waals surface area (Å²) in [6.45, 7) is 0. The number of rotatable bonds is 7. The van der Waals surface area contributed by atoms with Crippen LogP contribution >= 0.6 is 0 Å². The molecular weight excluding hydrogens is 394 g/mol. The Morgan fingerprint density at radius 3 is 2.20 bits per heavy atom. The second-order valence-corrected chi connectivity index (χ2v) is 9.06. The fraction of sp³-hybridized carbons (Fsp3) is 0.0833. The standard InChI is InChI=1S/C24H21N3O2S/c28-30(29,16-19-8-3-1-4-9-19)17-20-10-7-13-22(14-20)27-24-23(15-25-18-26-24)21-11-5-2-6-12-21/h1-15,18H,16-17H2,(H,25,26,27). The lowest BCUT2D eigenvalue weighted by molar-refractivity contribution is 0.594. The fourth-order valence-corrected chi connectivity index (χ4v) is 4.76. The van der Waals surface area contributed by atoms with Gasteiger partial charge in [0.1, 0.15) is 12.1 Å². The Labute approximate surface area is 176 Å². The summed E-state index contributed by atoms with van der Waals surface area (Å²) in [5.74, 6) is 0.669. The van der Waals surface area contributed by atoms with Crippen LogP contribution in [-0.4, -0.2) is 18.4 Å². The topological polar surface area (TPSA) is 72.0 Å². The van der Waals surface area contributed by atoms with E-state index in [1.54, 1.807) is 6.20 Å². The number of nitrogens with one attached hydrogen (secondary N) is 1. The van der Waals surface area contributed by atoms with E-state index in [-0.39, 0.29) is 11.5 Å². The van der Waals surface area contributed by atoms with Gasteiger partial charge in [-0.05, 0) is 28.8 Å². The number of sulfone groups is 1. The minimum Gasteiger partial charge on any atom is -0.340 e. The van der Waals surface area contributed by atoms with Crippen LogP contribution in [0, 0.1) is 0 Å². The first-order valence-electron chi connectivity index (χ1n) is 9.55. The van der Waals surface area contributed by atoms with E-state index in [4.69, 9.17) is 0 Å². The Morgan fingerprint density at radius 1 is 0.767 bits per heavy atom. The molecule has 0 spiro atoms. The summed E-state index contributed by atoms with van der Waals surface area (Å²) < 4.78 is 25.3. The maximum absolute atomic E-state index is 12.6. The van der Waals surface area contributed by atoms with Gasteiger partial charge in [0.05, 0.1) is 11.5 Å². The summed E-state index contributed by atoms with van der Waals surface area (Å²) in [6.07, 6.45) is 3.25. The molecule has 5 nitrogen and oxygen atoms in total. The van der Waals surface area contributed by atoms with Crippen molar-refractivity contribution in [1.82, 2.24) is 9.97 Å². The van der Waals surface area contributed by atoms with E-state index < -0.39 is 9.84 Å². The predicted octanol–water partition coefficient (Wildman–Crippen LogP) is 5.00. The molecule has 0 amide bonds. The SMILES string of the molecule is O=S(=O)(Cc1ccccc1)Cc1cccc(Nc2ncncc2-c2ccccc2)c1. The van der Waals surface area contributed by atoms with Gasteiger partial charge in [0.15, 0.2) is 9.84 Å². The van der Waals surface area contributed by atoms with Gasteiger partial charge in [-0.15, -0.1) is 0 Å². The molecule has 0 saturated heterocycles. The number of aromatic nitrogens is 2. The van der Waals surface area contributed by atoms with Crippen molar-refractivity contribution in [3.63, 3.8) is 0 Å². The molecule has 0 atom stereocenters. The number of nitrogens with zero attached hydrogens (tertiary/aromatic N) is 2. The van der Waals surface area contributed by atoms with Crippen LogP contribution < -0.4 is 5.32 Å². The minimum absolute atomic E-state index is 0.0211. The van der Waals surface area contributed by atoms with Gasteiger partial charge in [-0.1, -0.05) is 72.8 Å². The van der Waals surface area contributed by atoms with E-state index in [9.17, 15) is 8.42 Å². The van der Waals surface area contributed by atoms with E-state index in [1.165, 1.54) is 6.33 Å². The zero-order valence-corrected chi connectivity index (χ0v) is 17.1. The first kappa shape index (κ1) is 19.8. The van der Waals surface area contributed by atoms with Crippen LogP contribution in [-0.2, 0) is 21.3 Å². The Balaban J connectivity index is 1.54. The molecule has 0 unspecified atom stereocenters. The molecule has 1 heterocycles. The normalized spacial score (nSPS) is 11.2. The van der Waals surface area contributed by atoms with E-state index in [0.29, 0.717) is 5.82 Å². The van der Waals surface area contributed by atoms with Crippen molar-refractivity contribution in [2.45, 2.75) is 11.5 Å². The second-order valence-electron chi connectivity index (χ2n) is 6.99. The first-order valence-corrected chi connectivity index (χ1v) is 11.4. The van der Waals surface area contributed by atoms with Gasteiger partial charge in [-0.25, -0.2) is 18.4 Å². The highest BCUT2D eigenvalue weighted by atomic mass is 32.2. The van der Waals surface area contributed by atoms with Crippen LogP contribution in [0.3, 0.4) is 0 Å². The van der Waals surface area contributed by atoms with Crippen LogP contribution in [0.2, 0.25) is 0 Å². The van der Waals surface area contributed by atoms with E-state index >= 15 is 0 Å². The van der Waals surface area contributed by atoms with E-state index in [0.717, 1.165) is 27.9 Å². The maximum Gasteiger partial charge on any atom is 0.158 e. The zero-order chi connectivity index (χ0) is 20.8. The Kier molecular flexibility index (Phi) is 5.86. The van der Waals surface area contributed by atoms with Gasteiger partial charge in [-0.2, -0.15) is 0 Å². The quantitative estimate of drug-likeness (QED) is 0.460. The molecule has 6 heteroatoms. The number of anilines is 2. The highest BCUT2D eigenvalue weighted by Crippen LogP contribution is 2.28.